The number of hydrogen-bond acceptors (Lipinski definition) is 8. The lowest BCUT2D eigenvalue weighted by molar-refractivity contribution is -0.142. The maximum Gasteiger partial charge on any atom is 0.326 e. The molecule has 39 heavy (non-hydrogen) atoms. The molecule has 0 spiro atoms. The van der Waals surface area contributed by atoms with Crippen molar-refractivity contribution < 1.29 is 29.1 Å². The van der Waals surface area contributed by atoms with Crippen LogP contribution in [0.2, 0.25) is 0 Å². The highest BCUT2D eigenvalue weighted by Gasteiger charge is 2.31. The highest BCUT2D eigenvalue weighted by molar-refractivity contribution is 5.94. The fraction of sp³-hybridized carbons (Fsp3) is 0.609. The number of amides is 4. The molecule has 0 bridgehead atoms. The first kappa shape index (κ1) is 32.8. The molecule has 0 aliphatic carbocycles. The Kier molecular flexibility index (Phi) is 14.0. The predicted octanol–water partition coefficient (Wildman–Crippen LogP) is -2.82. The number of primary amides is 1. The van der Waals surface area contributed by atoms with Gasteiger partial charge in [-0.2, -0.15) is 0 Å². The van der Waals surface area contributed by atoms with Gasteiger partial charge in [-0.15, -0.1) is 0 Å². The molecule has 1 rings (SSSR count). The Morgan fingerprint density at radius 3 is 2.13 bits per heavy atom. The minimum atomic E-state index is -1.38. The van der Waals surface area contributed by atoms with Crippen molar-refractivity contribution in [2.24, 2.45) is 33.8 Å². The molecule has 1 aromatic heterocycles. The van der Waals surface area contributed by atoms with Crippen molar-refractivity contribution in [3.8, 4) is 0 Å². The van der Waals surface area contributed by atoms with Crippen LogP contribution < -0.4 is 38.9 Å². The largest absolute Gasteiger partial charge is 0.480 e. The van der Waals surface area contributed by atoms with Crippen molar-refractivity contribution in [1.82, 2.24) is 25.9 Å². The Labute approximate surface area is 226 Å². The van der Waals surface area contributed by atoms with E-state index in [1.807, 2.05) is 13.8 Å². The number of aliphatic imine (C=N–C) groups is 1. The van der Waals surface area contributed by atoms with Crippen LogP contribution in [0.1, 0.15) is 51.6 Å². The van der Waals surface area contributed by atoms with E-state index in [-0.39, 0.29) is 50.5 Å². The molecule has 218 valence electrons. The highest BCUT2D eigenvalue weighted by atomic mass is 16.4. The van der Waals surface area contributed by atoms with Crippen LogP contribution in [-0.4, -0.2) is 81.3 Å². The van der Waals surface area contributed by atoms with Gasteiger partial charge < -0.3 is 49.0 Å². The van der Waals surface area contributed by atoms with E-state index < -0.39 is 53.8 Å². The number of guanidine groups is 1. The SMILES string of the molecule is CC(C)CC(NC(=O)C(Cc1cnc[nH]1)NC(=O)C(N)CCCN=C(N)N)C(=O)NC(CCC(N)=O)C(=O)O. The second-order valence-electron chi connectivity index (χ2n) is 9.49. The molecule has 1 heterocycles. The lowest BCUT2D eigenvalue weighted by atomic mass is 10.0. The molecule has 16 heteroatoms. The summed E-state index contributed by atoms with van der Waals surface area (Å²) in [7, 11) is 0. The van der Waals surface area contributed by atoms with Crippen LogP contribution in [-0.2, 0) is 30.4 Å². The summed E-state index contributed by atoms with van der Waals surface area (Å²) in [5.41, 5.74) is 22.2. The molecule has 4 amide bonds. The van der Waals surface area contributed by atoms with E-state index in [2.05, 4.69) is 30.9 Å². The maximum absolute atomic E-state index is 13.3. The van der Waals surface area contributed by atoms with Crippen molar-refractivity contribution in [2.75, 3.05) is 6.54 Å². The first-order valence-electron chi connectivity index (χ1n) is 12.5. The van der Waals surface area contributed by atoms with Gasteiger partial charge in [-0.25, -0.2) is 9.78 Å². The molecule has 16 nitrogen and oxygen atoms in total. The van der Waals surface area contributed by atoms with E-state index in [1.54, 1.807) is 0 Å². The van der Waals surface area contributed by atoms with Gasteiger partial charge in [0.05, 0.1) is 12.4 Å². The van der Waals surface area contributed by atoms with Crippen molar-refractivity contribution in [3.05, 3.63) is 18.2 Å². The molecular formula is C23H40N10O6. The number of aliphatic carboxylic acids is 1. The van der Waals surface area contributed by atoms with Gasteiger partial charge in [0.1, 0.15) is 18.1 Å². The molecule has 4 atom stereocenters. The molecule has 0 aromatic carbocycles. The van der Waals surface area contributed by atoms with Gasteiger partial charge in [-0.1, -0.05) is 13.8 Å². The minimum Gasteiger partial charge on any atom is -0.480 e. The third-order valence-corrected chi connectivity index (χ3v) is 5.55. The number of aromatic amines is 1. The van der Waals surface area contributed by atoms with Crippen LogP contribution in [0.3, 0.4) is 0 Å². The summed E-state index contributed by atoms with van der Waals surface area (Å²) in [4.78, 5) is 72.3. The number of nitrogens with two attached hydrogens (primary N) is 4. The summed E-state index contributed by atoms with van der Waals surface area (Å²) in [5.74, 6) is -4.23. The minimum absolute atomic E-state index is 0.0185. The van der Waals surface area contributed by atoms with Crippen LogP contribution in [0.4, 0.5) is 0 Å². The topological polar surface area (TPSA) is 287 Å². The van der Waals surface area contributed by atoms with Crippen LogP contribution in [0.25, 0.3) is 0 Å². The Morgan fingerprint density at radius 2 is 1.59 bits per heavy atom. The van der Waals surface area contributed by atoms with Crippen molar-refractivity contribution in [3.63, 3.8) is 0 Å². The molecule has 13 N–H and O–H groups in total. The number of aromatic nitrogens is 2. The standard InChI is InChI=1S/C23H40N10O6/c1-12(2)8-16(20(36)31-15(22(38)39)5-6-18(25)34)33-21(37)17(9-13-10-28-11-30-13)32-19(35)14(24)4-3-7-29-23(26)27/h10-12,14-17H,3-9,24H2,1-2H3,(H2,25,34)(H,28,30)(H,31,36)(H,32,35)(H,33,37)(H,38,39)(H4,26,27,29). The fourth-order valence-electron chi connectivity index (χ4n) is 3.55. The Morgan fingerprint density at radius 1 is 0.974 bits per heavy atom. The molecular weight excluding hydrogens is 512 g/mol. The number of carboxylic acid groups (broad SMARTS) is 1. The first-order valence-corrected chi connectivity index (χ1v) is 12.5. The quantitative estimate of drug-likeness (QED) is 0.0511. The number of carbonyl (C=O) groups is 5. The summed E-state index contributed by atoms with van der Waals surface area (Å²) in [5, 5.41) is 17.0. The normalized spacial score (nSPS) is 13.9. The summed E-state index contributed by atoms with van der Waals surface area (Å²) < 4.78 is 0. The lowest BCUT2D eigenvalue weighted by Crippen LogP contribution is -2.58. The van der Waals surface area contributed by atoms with E-state index in [4.69, 9.17) is 22.9 Å². The molecule has 0 radical (unpaired) electrons. The van der Waals surface area contributed by atoms with Gasteiger partial charge in [0.25, 0.3) is 0 Å². The molecule has 1 aromatic rings. The van der Waals surface area contributed by atoms with Crippen molar-refractivity contribution in [1.29, 1.82) is 0 Å². The molecule has 0 saturated heterocycles. The highest BCUT2D eigenvalue weighted by Crippen LogP contribution is 2.09. The number of nitrogens with zero attached hydrogens (tertiary/aromatic N) is 2. The van der Waals surface area contributed by atoms with Gasteiger partial charge in [0.2, 0.25) is 23.6 Å². The third-order valence-electron chi connectivity index (χ3n) is 5.55. The zero-order chi connectivity index (χ0) is 29.5. The lowest BCUT2D eigenvalue weighted by Gasteiger charge is -2.26. The third kappa shape index (κ3) is 13.2. The van der Waals surface area contributed by atoms with E-state index in [0.29, 0.717) is 12.1 Å². The molecule has 0 aliphatic rings. The van der Waals surface area contributed by atoms with Crippen LogP contribution >= 0.6 is 0 Å². The van der Waals surface area contributed by atoms with Gasteiger partial charge in [-0.3, -0.25) is 24.2 Å². The predicted molar refractivity (Wildman–Crippen MR) is 141 cm³/mol. The average Bonchev–Trinajstić information content (AvgIpc) is 3.35. The van der Waals surface area contributed by atoms with E-state index in [0.717, 1.165) is 0 Å². The van der Waals surface area contributed by atoms with E-state index >= 15 is 0 Å². The smallest absolute Gasteiger partial charge is 0.326 e. The number of hydrogen-bond donors (Lipinski definition) is 9. The number of H-pyrrole nitrogens is 1. The summed E-state index contributed by atoms with van der Waals surface area (Å²) >= 11 is 0. The van der Waals surface area contributed by atoms with Crippen LogP contribution in [0.15, 0.2) is 17.5 Å². The van der Waals surface area contributed by atoms with Gasteiger partial charge in [0.15, 0.2) is 5.96 Å². The molecule has 0 fully saturated rings. The number of imidazole rings is 1. The van der Waals surface area contributed by atoms with Gasteiger partial charge in [0, 0.05) is 31.3 Å². The zero-order valence-corrected chi connectivity index (χ0v) is 22.2. The monoisotopic (exact) mass is 552 g/mol. The van der Waals surface area contributed by atoms with Crippen molar-refractivity contribution in [2.45, 2.75) is 76.5 Å². The van der Waals surface area contributed by atoms with Crippen molar-refractivity contribution >= 4 is 35.6 Å². The number of carbonyl (C=O) groups excluding carboxylic acids is 4. The zero-order valence-electron chi connectivity index (χ0n) is 22.2. The van der Waals surface area contributed by atoms with Crippen LogP contribution in [0, 0.1) is 5.92 Å². The fourth-order valence-corrected chi connectivity index (χ4v) is 3.55. The van der Waals surface area contributed by atoms with E-state index in [9.17, 15) is 29.1 Å². The molecule has 0 aliphatic heterocycles. The number of rotatable bonds is 18. The van der Waals surface area contributed by atoms with Gasteiger partial charge in [-0.05, 0) is 31.6 Å². The molecule has 4 unspecified atom stereocenters. The summed E-state index contributed by atoms with van der Waals surface area (Å²) in [6, 6.07) is -4.58. The van der Waals surface area contributed by atoms with E-state index in [1.165, 1.54) is 12.5 Å². The Hall–Kier alpha value is -4.21. The number of carboxylic acids is 1. The Balaban J connectivity index is 3.00. The Bertz CT molecular complexity index is 994. The average molecular weight is 553 g/mol. The van der Waals surface area contributed by atoms with Crippen LogP contribution in [0.5, 0.6) is 0 Å². The molecule has 0 saturated carbocycles. The first-order chi connectivity index (χ1) is 18.3. The van der Waals surface area contributed by atoms with Gasteiger partial charge >= 0.3 is 5.97 Å². The second kappa shape index (κ2) is 16.6. The second-order valence-corrected chi connectivity index (χ2v) is 9.49. The summed E-state index contributed by atoms with van der Waals surface area (Å²) in [6.07, 6.45) is 3.31. The summed E-state index contributed by atoms with van der Waals surface area (Å²) in [6.45, 7) is 3.92. The maximum atomic E-state index is 13.3. The number of nitrogens with one attached hydrogen (secondary N) is 4.